The predicted molar refractivity (Wildman–Crippen MR) is 213 cm³/mol. The molecule has 0 saturated carbocycles. The minimum Gasteiger partial charge on any atom is -0.313 e. The van der Waals surface area contributed by atoms with Gasteiger partial charge in [-0.1, -0.05) is 114 Å². The minimum atomic E-state index is 0.134. The second-order valence-electron chi connectivity index (χ2n) is 16.1. The topological polar surface area (TPSA) is 8.17 Å². The Hall–Kier alpha value is -4.82. The van der Waals surface area contributed by atoms with Gasteiger partial charge in [-0.05, 0) is 125 Å². The van der Waals surface area contributed by atoms with E-state index in [1.54, 1.807) is 0 Å². The Morgan fingerprint density at radius 1 is 0.760 bits per heavy atom. The lowest BCUT2D eigenvalue weighted by molar-refractivity contribution is 0.272. The Balaban J connectivity index is 1.10. The van der Waals surface area contributed by atoms with Crippen LogP contribution in [0.1, 0.15) is 81.3 Å². The average Bonchev–Trinajstić information content (AvgIpc) is 3.56. The molecule has 4 aliphatic carbocycles. The summed E-state index contributed by atoms with van der Waals surface area (Å²) in [6.07, 6.45) is 17.9. The van der Waals surface area contributed by atoms with E-state index in [4.69, 9.17) is 0 Å². The number of aromatic nitrogens is 1. The SMILES string of the molecule is CC1C=C(n2c3c(c4ccccc42)C=C(c2ccc(N(c4ccccc4)c4ccc5c(c4)C(C)(C)C4C[C@H](C)C=CC54)cc2)C(C)C3)C=CC1. The Labute approximate surface area is 298 Å². The maximum atomic E-state index is 2.53. The van der Waals surface area contributed by atoms with Crippen LogP contribution in [-0.4, -0.2) is 4.57 Å². The molecule has 0 radical (unpaired) electrons. The number of anilines is 3. The van der Waals surface area contributed by atoms with Gasteiger partial charge < -0.3 is 9.47 Å². The summed E-state index contributed by atoms with van der Waals surface area (Å²) in [6, 6.07) is 36.5. The second kappa shape index (κ2) is 11.9. The highest BCUT2D eigenvalue weighted by Gasteiger charge is 2.46. The maximum Gasteiger partial charge on any atom is 0.0537 e. The van der Waals surface area contributed by atoms with Gasteiger partial charge in [0.15, 0.2) is 0 Å². The Morgan fingerprint density at radius 3 is 2.30 bits per heavy atom. The van der Waals surface area contributed by atoms with Crippen molar-refractivity contribution < 1.29 is 0 Å². The molecule has 0 bridgehead atoms. The largest absolute Gasteiger partial charge is 0.313 e. The van der Waals surface area contributed by atoms with Gasteiger partial charge in [-0.3, -0.25) is 0 Å². The molecular weight excluding hydrogens is 605 g/mol. The molecule has 4 aliphatic rings. The minimum absolute atomic E-state index is 0.134. The molecule has 0 fully saturated rings. The summed E-state index contributed by atoms with van der Waals surface area (Å²) in [5.41, 5.74) is 14.9. The standard InChI is InChI=1S/C48H48N2/c1-31-12-11-15-37(26-31)50-46-17-10-9-16-41(46)43-30-42(33(3)28-47(43)50)34-19-21-36(22-20-34)49(35-13-7-6-8-14-35)38-23-25-40-39-24-18-32(2)27-44(39)48(4,5)45(40)29-38/h6-11,13-26,29-33,39,44H,12,27-28H2,1-5H3/t31?,32-,33?,39?,44?/m1/s1. The number of benzene rings is 4. The fourth-order valence-electron chi connectivity index (χ4n) is 9.70. The molecule has 2 heteroatoms. The first-order chi connectivity index (χ1) is 24.3. The molecule has 9 rings (SSSR count). The van der Waals surface area contributed by atoms with Crippen LogP contribution in [-0.2, 0) is 11.8 Å². The summed E-state index contributed by atoms with van der Waals surface area (Å²) in [5, 5.41) is 1.34. The first-order valence-corrected chi connectivity index (χ1v) is 18.8. The van der Waals surface area contributed by atoms with Gasteiger partial charge in [0, 0.05) is 45.3 Å². The smallest absolute Gasteiger partial charge is 0.0537 e. The number of allylic oxidation sites excluding steroid dienone is 7. The molecule has 1 aromatic heterocycles. The highest BCUT2D eigenvalue weighted by Crippen LogP contribution is 2.56. The van der Waals surface area contributed by atoms with Gasteiger partial charge in [-0.2, -0.15) is 0 Å². The van der Waals surface area contributed by atoms with Crippen molar-refractivity contribution >= 4 is 45.3 Å². The molecule has 0 aliphatic heterocycles. The first kappa shape index (κ1) is 31.2. The predicted octanol–water partition coefficient (Wildman–Crippen LogP) is 12.9. The van der Waals surface area contributed by atoms with E-state index in [0.717, 1.165) is 12.8 Å². The number of hydrogen-bond acceptors (Lipinski definition) is 1. The van der Waals surface area contributed by atoms with Crippen molar-refractivity contribution in [1.82, 2.24) is 4.57 Å². The van der Waals surface area contributed by atoms with Gasteiger partial charge in [0.25, 0.3) is 0 Å². The maximum absolute atomic E-state index is 2.53. The van der Waals surface area contributed by atoms with Gasteiger partial charge in [0.2, 0.25) is 0 Å². The third-order valence-corrected chi connectivity index (χ3v) is 12.3. The molecular formula is C48H48N2. The van der Waals surface area contributed by atoms with E-state index in [9.17, 15) is 0 Å². The molecule has 1 heterocycles. The highest BCUT2D eigenvalue weighted by atomic mass is 15.1. The van der Waals surface area contributed by atoms with Crippen LogP contribution in [0.3, 0.4) is 0 Å². The zero-order valence-electron chi connectivity index (χ0n) is 30.1. The number of nitrogens with zero attached hydrogens (tertiary/aromatic N) is 2. The molecule has 5 aromatic rings. The number of para-hydroxylation sites is 2. The number of fused-ring (bicyclic) bond motifs is 6. The first-order valence-electron chi connectivity index (χ1n) is 18.8. The average molecular weight is 653 g/mol. The molecule has 4 unspecified atom stereocenters. The lowest BCUT2D eigenvalue weighted by Gasteiger charge is -2.35. The van der Waals surface area contributed by atoms with Crippen LogP contribution < -0.4 is 4.90 Å². The van der Waals surface area contributed by atoms with Gasteiger partial charge in [-0.25, -0.2) is 0 Å². The van der Waals surface area contributed by atoms with E-state index < -0.39 is 0 Å². The van der Waals surface area contributed by atoms with E-state index in [-0.39, 0.29) is 5.41 Å². The summed E-state index contributed by atoms with van der Waals surface area (Å²) >= 11 is 0. The van der Waals surface area contributed by atoms with Crippen molar-refractivity contribution in [3.63, 3.8) is 0 Å². The van der Waals surface area contributed by atoms with E-state index in [1.807, 2.05) is 0 Å². The molecule has 0 spiro atoms. The lowest BCUT2D eigenvalue weighted by atomic mass is 9.69. The third kappa shape index (κ3) is 4.98. The highest BCUT2D eigenvalue weighted by molar-refractivity contribution is 6.00. The van der Waals surface area contributed by atoms with Crippen molar-refractivity contribution in [2.45, 2.75) is 65.2 Å². The van der Waals surface area contributed by atoms with Crippen molar-refractivity contribution in [3.05, 3.63) is 155 Å². The fraction of sp³-hybridized carbons (Fsp3) is 0.292. The quantitative estimate of drug-likeness (QED) is 0.172. The summed E-state index contributed by atoms with van der Waals surface area (Å²) < 4.78 is 2.53. The molecule has 2 nitrogen and oxygen atoms in total. The zero-order valence-corrected chi connectivity index (χ0v) is 30.1. The number of hydrogen-bond donors (Lipinski definition) is 0. The second-order valence-corrected chi connectivity index (χ2v) is 16.1. The molecule has 0 saturated heterocycles. The van der Waals surface area contributed by atoms with Crippen LogP contribution >= 0.6 is 0 Å². The monoisotopic (exact) mass is 652 g/mol. The van der Waals surface area contributed by atoms with Crippen LogP contribution in [0.25, 0.3) is 28.2 Å². The summed E-state index contributed by atoms with van der Waals surface area (Å²) in [6.45, 7) is 12.0. The number of rotatable bonds is 5. The Kier molecular flexibility index (Phi) is 7.42. The Bertz CT molecular complexity index is 2220. The van der Waals surface area contributed by atoms with Crippen molar-refractivity contribution in [3.8, 4) is 0 Å². The van der Waals surface area contributed by atoms with Gasteiger partial charge >= 0.3 is 0 Å². The van der Waals surface area contributed by atoms with Crippen molar-refractivity contribution in [2.24, 2.45) is 23.7 Å². The molecule has 0 amide bonds. The third-order valence-electron chi connectivity index (χ3n) is 12.3. The van der Waals surface area contributed by atoms with Crippen LogP contribution in [0.15, 0.2) is 127 Å². The molecule has 250 valence electrons. The molecule has 4 aromatic carbocycles. The normalized spacial score (nSPS) is 24.7. The summed E-state index contributed by atoms with van der Waals surface area (Å²) in [7, 11) is 0. The van der Waals surface area contributed by atoms with Crippen molar-refractivity contribution in [1.29, 1.82) is 0 Å². The van der Waals surface area contributed by atoms with Crippen molar-refractivity contribution in [2.75, 3.05) is 4.90 Å². The lowest BCUT2D eigenvalue weighted by Crippen LogP contribution is -2.28. The van der Waals surface area contributed by atoms with Crippen LogP contribution in [0, 0.1) is 23.7 Å². The van der Waals surface area contributed by atoms with Gasteiger partial charge in [0.1, 0.15) is 0 Å². The van der Waals surface area contributed by atoms with E-state index in [1.165, 1.54) is 73.6 Å². The molecule has 5 atom stereocenters. The summed E-state index contributed by atoms with van der Waals surface area (Å²) in [4.78, 5) is 2.44. The van der Waals surface area contributed by atoms with E-state index in [0.29, 0.717) is 29.6 Å². The zero-order chi connectivity index (χ0) is 34.1. The summed E-state index contributed by atoms with van der Waals surface area (Å²) in [5.74, 6) is 2.78. The molecule has 50 heavy (non-hydrogen) atoms. The fourth-order valence-corrected chi connectivity index (χ4v) is 9.70. The van der Waals surface area contributed by atoms with E-state index in [2.05, 4.69) is 178 Å². The van der Waals surface area contributed by atoms with Crippen LogP contribution in [0.5, 0.6) is 0 Å². The van der Waals surface area contributed by atoms with Gasteiger partial charge in [0.05, 0.1) is 5.52 Å². The van der Waals surface area contributed by atoms with Crippen LogP contribution in [0.2, 0.25) is 0 Å². The molecule has 0 N–H and O–H groups in total. The van der Waals surface area contributed by atoms with E-state index >= 15 is 0 Å². The van der Waals surface area contributed by atoms with Crippen LogP contribution in [0.4, 0.5) is 17.1 Å². The Morgan fingerprint density at radius 2 is 1.50 bits per heavy atom. The van der Waals surface area contributed by atoms with Gasteiger partial charge in [-0.15, -0.1) is 0 Å².